The molecule has 2 unspecified atom stereocenters. The topological polar surface area (TPSA) is 15.3 Å². The van der Waals surface area contributed by atoms with Crippen molar-refractivity contribution < 1.29 is 0 Å². The van der Waals surface area contributed by atoms with Gasteiger partial charge in [0.25, 0.3) is 0 Å². The van der Waals surface area contributed by atoms with E-state index in [0.717, 1.165) is 17.9 Å². The molecule has 0 radical (unpaired) electrons. The van der Waals surface area contributed by atoms with Crippen LogP contribution < -0.4 is 5.32 Å². The van der Waals surface area contributed by atoms with Crippen LogP contribution in [-0.2, 0) is 0 Å². The third-order valence-electron chi connectivity index (χ3n) is 5.22. The van der Waals surface area contributed by atoms with Crippen LogP contribution in [0.5, 0.6) is 0 Å². The molecule has 2 nitrogen and oxygen atoms in total. The van der Waals surface area contributed by atoms with Crippen molar-refractivity contribution in [3.05, 3.63) is 0 Å². The maximum atomic E-state index is 3.80. The van der Waals surface area contributed by atoms with E-state index < -0.39 is 0 Å². The van der Waals surface area contributed by atoms with Gasteiger partial charge in [0.15, 0.2) is 0 Å². The van der Waals surface area contributed by atoms with E-state index in [9.17, 15) is 0 Å². The largest absolute Gasteiger partial charge is 0.314 e. The van der Waals surface area contributed by atoms with Gasteiger partial charge in [-0.2, -0.15) is 0 Å². The summed E-state index contributed by atoms with van der Waals surface area (Å²) in [5.74, 6) is 1.92. The standard InChI is InChI=1S/C17H34N2/c1-15-5-3-6-17(8-7-15)18-11-4-12-19-13-9-16(2)10-14-19/h15-18H,3-14H2,1-2H3. The van der Waals surface area contributed by atoms with E-state index in [1.807, 2.05) is 0 Å². The van der Waals surface area contributed by atoms with Gasteiger partial charge in [0.05, 0.1) is 0 Å². The summed E-state index contributed by atoms with van der Waals surface area (Å²) in [6.07, 6.45) is 11.3. The summed E-state index contributed by atoms with van der Waals surface area (Å²) in [6, 6.07) is 0.811. The Hall–Kier alpha value is -0.0800. The first-order valence-corrected chi connectivity index (χ1v) is 8.70. The third-order valence-corrected chi connectivity index (χ3v) is 5.22. The van der Waals surface area contributed by atoms with Crippen LogP contribution in [0, 0.1) is 11.8 Å². The fourth-order valence-electron chi connectivity index (χ4n) is 3.59. The number of hydrogen-bond donors (Lipinski definition) is 1. The number of piperidine rings is 1. The van der Waals surface area contributed by atoms with E-state index in [1.54, 1.807) is 0 Å². The molecule has 1 heterocycles. The molecule has 1 saturated heterocycles. The molecule has 2 fully saturated rings. The lowest BCUT2D eigenvalue weighted by molar-refractivity contribution is 0.189. The zero-order chi connectivity index (χ0) is 13.5. The van der Waals surface area contributed by atoms with Gasteiger partial charge in [-0.3, -0.25) is 0 Å². The van der Waals surface area contributed by atoms with Crippen molar-refractivity contribution in [2.24, 2.45) is 11.8 Å². The second-order valence-electron chi connectivity index (χ2n) is 7.14. The second-order valence-corrected chi connectivity index (χ2v) is 7.14. The molecule has 2 atom stereocenters. The average Bonchev–Trinajstić information content (AvgIpc) is 2.62. The summed E-state index contributed by atoms with van der Waals surface area (Å²) < 4.78 is 0. The molecule has 0 aromatic rings. The molecule has 2 heteroatoms. The second kappa shape index (κ2) is 8.26. The van der Waals surface area contributed by atoms with Gasteiger partial charge in [0.2, 0.25) is 0 Å². The molecule has 0 aromatic carbocycles. The van der Waals surface area contributed by atoms with Crippen LogP contribution >= 0.6 is 0 Å². The highest BCUT2D eigenvalue weighted by Crippen LogP contribution is 2.22. The molecule has 1 saturated carbocycles. The van der Waals surface area contributed by atoms with Gasteiger partial charge < -0.3 is 10.2 Å². The lowest BCUT2D eigenvalue weighted by atomic mass is 9.99. The predicted molar refractivity (Wildman–Crippen MR) is 83.5 cm³/mol. The van der Waals surface area contributed by atoms with Crippen molar-refractivity contribution in [2.45, 2.75) is 71.3 Å². The third kappa shape index (κ3) is 5.83. The molecule has 112 valence electrons. The highest BCUT2D eigenvalue weighted by Gasteiger charge is 2.17. The van der Waals surface area contributed by atoms with Crippen molar-refractivity contribution in [3.8, 4) is 0 Å². The van der Waals surface area contributed by atoms with E-state index in [1.165, 1.54) is 77.5 Å². The highest BCUT2D eigenvalue weighted by atomic mass is 15.1. The Labute approximate surface area is 120 Å². The van der Waals surface area contributed by atoms with E-state index in [4.69, 9.17) is 0 Å². The fourth-order valence-corrected chi connectivity index (χ4v) is 3.59. The van der Waals surface area contributed by atoms with Crippen LogP contribution in [0.2, 0.25) is 0 Å². The molecule has 19 heavy (non-hydrogen) atoms. The molecule has 2 aliphatic rings. The van der Waals surface area contributed by atoms with Crippen molar-refractivity contribution in [3.63, 3.8) is 0 Å². The minimum absolute atomic E-state index is 0.811. The van der Waals surface area contributed by atoms with Gasteiger partial charge in [0, 0.05) is 6.04 Å². The van der Waals surface area contributed by atoms with Crippen molar-refractivity contribution in [1.29, 1.82) is 0 Å². The van der Waals surface area contributed by atoms with E-state index in [0.29, 0.717) is 0 Å². The summed E-state index contributed by atoms with van der Waals surface area (Å²) in [6.45, 7) is 10.0. The monoisotopic (exact) mass is 266 g/mol. The minimum Gasteiger partial charge on any atom is -0.314 e. The van der Waals surface area contributed by atoms with Gasteiger partial charge >= 0.3 is 0 Å². The number of hydrogen-bond acceptors (Lipinski definition) is 2. The molecule has 0 aromatic heterocycles. The summed E-state index contributed by atoms with van der Waals surface area (Å²) in [5.41, 5.74) is 0. The molecular weight excluding hydrogens is 232 g/mol. The van der Waals surface area contributed by atoms with E-state index >= 15 is 0 Å². The first-order valence-electron chi connectivity index (χ1n) is 8.70. The quantitative estimate of drug-likeness (QED) is 0.603. The first kappa shape index (κ1) is 15.3. The predicted octanol–water partition coefficient (Wildman–Crippen LogP) is 3.67. The SMILES string of the molecule is CC1CCCC(NCCCN2CCC(C)CC2)CC1. The van der Waals surface area contributed by atoms with Crippen molar-refractivity contribution in [1.82, 2.24) is 10.2 Å². The molecule has 0 bridgehead atoms. The Morgan fingerprint density at radius 3 is 2.42 bits per heavy atom. The van der Waals surface area contributed by atoms with Crippen LogP contribution in [-0.4, -0.2) is 37.1 Å². The van der Waals surface area contributed by atoms with Crippen LogP contribution in [0.25, 0.3) is 0 Å². The molecule has 0 amide bonds. The Morgan fingerprint density at radius 1 is 0.895 bits per heavy atom. The summed E-state index contributed by atoms with van der Waals surface area (Å²) in [5, 5.41) is 3.80. The average molecular weight is 266 g/mol. The van der Waals surface area contributed by atoms with E-state index in [2.05, 4.69) is 24.1 Å². The Kier molecular flexibility index (Phi) is 6.66. The van der Waals surface area contributed by atoms with E-state index in [-0.39, 0.29) is 0 Å². The summed E-state index contributed by atoms with van der Waals surface area (Å²) in [4.78, 5) is 2.66. The molecule has 1 aliphatic heterocycles. The van der Waals surface area contributed by atoms with Crippen LogP contribution in [0.1, 0.15) is 65.2 Å². The fraction of sp³-hybridized carbons (Fsp3) is 1.00. The number of likely N-dealkylation sites (tertiary alicyclic amines) is 1. The molecule has 1 N–H and O–H groups in total. The highest BCUT2D eigenvalue weighted by molar-refractivity contribution is 4.74. The minimum atomic E-state index is 0.811. The maximum absolute atomic E-state index is 3.80. The zero-order valence-corrected chi connectivity index (χ0v) is 13.2. The van der Waals surface area contributed by atoms with Gasteiger partial charge in [0.1, 0.15) is 0 Å². The first-order chi connectivity index (χ1) is 9.24. The molecule has 0 spiro atoms. The Bertz CT molecular complexity index is 233. The van der Waals surface area contributed by atoms with Crippen LogP contribution in [0.3, 0.4) is 0 Å². The summed E-state index contributed by atoms with van der Waals surface area (Å²) >= 11 is 0. The lowest BCUT2D eigenvalue weighted by Gasteiger charge is -2.30. The maximum Gasteiger partial charge on any atom is 0.00671 e. The van der Waals surface area contributed by atoms with Crippen LogP contribution in [0.4, 0.5) is 0 Å². The van der Waals surface area contributed by atoms with Gasteiger partial charge in [-0.05, 0) is 76.5 Å². The Balaban J connectivity index is 1.51. The lowest BCUT2D eigenvalue weighted by Crippen LogP contribution is -2.36. The normalized spacial score (nSPS) is 31.3. The molecular formula is C17H34N2. The number of nitrogens with zero attached hydrogens (tertiary/aromatic N) is 1. The van der Waals surface area contributed by atoms with Gasteiger partial charge in [-0.25, -0.2) is 0 Å². The number of rotatable bonds is 5. The van der Waals surface area contributed by atoms with Crippen molar-refractivity contribution in [2.75, 3.05) is 26.2 Å². The van der Waals surface area contributed by atoms with Crippen molar-refractivity contribution >= 4 is 0 Å². The smallest absolute Gasteiger partial charge is 0.00671 e. The van der Waals surface area contributed by atoms with Gasteiger partial charge in [-0.15, -0.1) is 0 Å². The Morgan fingerprint density at radius 2 is 1.63 bits per heavy atom. The van der Waals surface area contributed by atoms with Crippen LogP contribution in [0.15, 0.2) is 0 Å². The zero-order valence-electron chi connectivity index (χ0n) is 13.2. The summed E-state index contributed by atoms with van der Waals surface area (Å²) in [7, 11) is 0. The molecule has 1 aliphatic carbocycles. The molecule has 2 rings (SSSR count). The number of nitrogens with one attached hydrogen (secondary N) is 1. The van der Waals surface area contributed by atoms with Gasteiger partial charge in [-0.1, -0.05) is 26.7 Å².